The molecule has 0 aliphatic heterocycles. The predicted molar refractivity (Wildman–Crippen MR) is 70.2 cm³/mol. The van der Waals surface area contributed by atoms with Gasteiger partial charge in [0.05, 0.1) is 12.4 Å². The molecule has 0 aliphatic rings. The highest BCUT2D eigenvalue weighted by Crippen LogP contribution is 2.11. The van der Waals surface area contributed by atoms with E-state index < -0.39 is 0 Å². The molecule has 0 amide bonds. The molecule has 96 valence electrons. The standard InChI is InChI=1S/C12H22N4O/c1-3-10(5-6-17)7-15-12-9-13-8-11(16-12)14-4-2/h8-10,17H,3-7H2,1-2H3,(H2,14,15,16). The smallest absolute Gasteiger partial charge is 0.146 e. The molecule has 0 fully saturated rings. The summed E-state index contributed by atoms with van der Waals surface area (Å²) in [6.45, 7) is 6.05. The summed E-state index contributed by atoms with van der Waals surface area (Å²) in [7, 11) is 0. The fourth-order valence-corrected chi connectivity index (χ4v) is 1.60. The molecular formula is C12H22N4O. The molecule has 0 spiro atoms. The third-order valence-electron chi connectivity index (χ3n) is 2.68. The predicted octanol–water partition coefficient (Wildman–Crippen LogP) is 1.73. The SMILES string of the molecule is CCNc1cncc(NCC(CC)CCO)n1. The first kappa shape index (κ1) is 13.7. The lowest BCUT2D eigenvalue weighted by molar-refractivity contribution is 0.258. The molecule has 0 saturated heterocycles. The van der Waals surface area contributed by atoms with E-state index in [2.05, 4.69) is 27.5 Å². The Hall–Kier alpha value is -1.36. The van der Waals surface area contributed by atoms with Crippen molar-refractivity contribution < 1.29 is 5.11 Å². The monoisotopic (exact) mass is 238 g/mol. The zero-order chi connectivity index (χ0) is 12.5. The van der Waals surface area contributed by atoms with Gasteiger partial charge in [-0.3, -0.25) is 4.98 Å². The van der Waals surface area contributed by atoms with Crippen LogP contribution in [0.5, 0.6) is 0 Å². The van der Waals surface area contributed by atoms with Crippen molar-refractivity contribution >= 4 is 11.6 Å². The molecule has 1 atom stereocenters. The molecule has 17 heavy (non-hydrogen) atoms. The van der Waals surface area contributed by atoms with Crippen molar-refractivity contribution in [3.8, 4) is 0 Å². The second kappa shape index (κ2) is 7.84. The van der Waals surface area contributed by atoms with Crippen LogP contribution in [0.2, 0.25) is 0 Å². The normalized spacial score (nSPS) is 12.2. The molecular weight excluding hydrogens is 216 g/mol. The summed E-state index contributed by atoms with van der Waals surface area (Å²) in [5, 5.41) is 15.3. The topological polar surface area (TPSA) is 70.1 Å². The molecule has 0 aromatic carbocycles. The fraction of sp³-hybridized carbons (Fsp3) is 0.667. The average molecular weight is 238 g/mol. The summed E-state index contributed by atoms with van der Waals surface area (Å²) >= 11 is 0. The van der Waals surface area contributed by atoms with Gasteiger partial charge in [-0.1, -0.05) is 13.3 Å². The second-order valence-electron chi connectivity index (χ2n) is 3.99. The van der Waals surface area contributed by atoms with Crippen LogP contribution in [0.25, 0.3) is 0 Å². The summed E-state index contributed by atoms with van der Waals surface area (Å²) < 4.78 is 0. The number of aliphatic hydroxyl groups is 1. The number of hydrogen-bond donors (Lipinski definition) is 3. The zero-order valence-electron chi connectivity index (χ0n) is 10.6. The van der Waals surface area contributed by atoms with Crippen molar-refractivity contribution in [2.24, 2.45) is 5.92 Å². The number of nitrogens with one attached hydrogen (secondary N) is 2. The molecule has 1 rings (SSSR count). The minimum absolute atomic E-state index is 0.239. The Morgan fingerprint density at radius 2 is 1.94 bits per heavy atom. The molecule has 5 heteroatoms. The Labute approximate surface area is 103 Å². The van der Waals surface area contributed by atoms with E-state index >= 15 is 0 Å². The summed E-state index contributed by atoms with van der Waals surface area (Å²) in [5.74, 6) is 2.04. The maximum absolute atomic E-state index is 8.91. The highest BCUT2D eigenvalue weighted by atomic mass is 16.3. The van der Waals surface area contributed by atoms with Gasteiger partial charge >= 0.3 is 0 Å². The van der Waals surface area contributed by atoms with Gasteiger partial charge in [-0.2, -0.15) is 0 Å². The number of aliphatic hydroxyl groups excluding tert-OH is 1. The minimum Gasteiger partial charge on any atom is -0.396 e. The lowest BCUT2D eigenvalue weighted by atomic mass is 10.0. The lowest BCUT2D eigenvalue weighted by Crippen LogP contribution is -2.16. The van der Waals surface area contributed by atoms with Crippen LogP contribution in [-0.4, -0.2) is 34.8 Å². The third-order valence-corrected chi connectivity index (χ3v) is 2.68. The van der Waals surface area contributed by atoms with E-state index in [0.717, 1.165) is 37.6 Å². The lowest BCUT2D eigenvalue weighted by Gasteiger charge is -2.14. The van der Waals surface area contributed by atoms with E-state index in [-0.39, 0.29) is 6.61 Å². The zero-order valence-corrected chi connectivity index (χ0v) is 10.6. The highest BCUT2D eigenvalue weighted by molar-refractivity contribution is 5.41. The number of hydrogen-bond acceptors (Lipinski definition) is 5. The van der Waals surface area contributed by atoms with Gasteiger partial charge in [-0.05, 0) is 19.3 Å². The van der Waals surface area contributed by atoms with Gasteiger partial charge < -0.3 is 15.7 Å². The molecule has 5 nitrogen and oxygen atoms in total. The molecule has 3 N–H and O–H groups in total. The van der Waals surface area contributed by atoms with Crippen molar-refractivity contribution in [2.45, 2.75) is 26.7 Å². The number of aromatic nitrogens is 2. The fourth-order valence-electron chi connectivity index (χ4n) is 1.60. The van der Waals surface area contributed by atoms with E-state index in [1.807, 2.05) is 6.92 Å². The van der Waals surface area contributed by atoms with Crippen LogP contribution in [-0.2, 0) is 0 Å². The largest absolute Gasteiger partial charge is 0.396 e. The van der Waals surface area contributed by atoms with Crippen molar-refractivity contribution in [3.63, 3.8) is 0 Å². The van der Waals surface area contributed by atoms with Gasteiger partial charge in [0.15, 0.2) is 0 Å². The van der Waals surface area contributed by atoms with E-state index in [0.29, 0.717) is 5.92 Å². The summed E-state index contributed by atoms with van der Waals surface area (Å²) in [5.41, 5.74) is 0. The van der Waals surface area contributed by atoms with E-state index in [9.17, 15) is 0 Å². The first-order valence-corrected chi connectivity index (χ1v) is 6.20. The Morgan fingerprint density at radius 3 is 2.53 bits per heavy atom. The first-order chi connectivity index (χ1) is 8.30. The minimum atomic E-state index is 0.239. The van der Waals surface area contributed by atoms with Crippen LogP contribution in [0, 0.1) is 5.92 Å². The molecule has 0 aliphatic carbocycles. The Bertz CT molecular complexity index is 319. The molecule has 0 bridgehead atoms. The molecule has 0 radical (unpaired) electrons. The van der Waals surface area contributed by atoms with Gasteiger partial charge in [0.25, 0.3) is 0 Å². The number of rotatable bonds is 8. The van der Waals surface area contributed by atoms with Crippen molar-refractivity contribution in [1.29, 1.82) is 0 Å². The number of anilines is 2. The van der Waals surface area contributed by atoms with E-state index in [1.165, 1.54) is 0 Å². The molecule has 1 aromatic heterocycles. The first-order valence-electron chi connectivity index (χ1n) is 6.20. The van der Waals surface area contributed by atoms with Gasteiger partial charge in [0.2, 0.25) is 0 Å². The summed E-state index contributed by atoms with van der Waals surface area (Å²) in [6.07, 6.45) is 5.30. The molecule has 1 heterocycles. The van der Waals surface area contributed by atoms with Crippen LogP contribution < -0.4 is 10.6 Å². The Kier molecular flexibility index (Phi) is 6.32. The average Bonchev–Trinajstić information content (AvgIpc) is 2.35. The van der Waals surface area contributed by atoms with Crippen molar-refractivity contribution in [2.75, 3.05) is 30.3 Å². The van der Waals surface area contributed by atoms with Crippen molar-refractivity contribution in [1.82, 2.24) is 9.97 Å². The van der Waals surface area contributed by atoms with Gasteiger partial charge in [-0.15, -0.1) is 0 Å². The quantitative estimate of drug-likeness (QED) is 0.643. The van der Waals surface area contributed by atoms with Crippen LogP contribution in [0.3, 0.4) is 0 Å². The molecule has 1 aromatic rings. The van der Waals surface area contributed by atoms with Gasteiger partial charge in [-0.25, -0.2) is 4.98 Å². The van der Waals surface area contributed by atoms with Crippen LogP contribution >= 0.6 is 0 Å². The van der Waals surface area contributed by atoms with Crippen molar-refractivity contribution in [3.05, 3.63) is 12.4 Å². The summed E-state index contributed by atoms with van der Waals surface area (Å²) in [6, 6.07) is 0. The third kappa shape index (κ3) is 4.99. The number of nitrogens with zero attached hydrogens (tertiary/aromatic N) is 2. The van der Waals surface area contributed by atoms with E-state index in [1.54, 1.807) is 12.4 Å². The van der Waals surface area contributed by atoms with Gasteiger partial charge in [0.1, 0.15) is 11.6 Å². The van der Waals surface area contributed by atoms with E-state index in [4.69, 9.17) is 5.11 Å². The maximum Gasteiger partial charge on any atom is 0.146 e. The maximum atomic E-state index is 8.91. The molecule has 1 unspecified atom stereocenters. The van der Waals surface area contributed by atoms with Crippen LogP contribution in [0.4, 0.5) is 11.6 Å². The van der Waals surface area contributed by atoms with Crippen LogP contribution in [0.15, 0.2) is 12.4 Å². The van der Waals surface area contributed by atoms with Crippen LogP contribution in [0.1, 0.15) is 26.7 Å². The highest BCUT2D eigenvalue weighted by Gasteiger charge is 2.06. The second-order valence-corrected chi connectivity index (χ2v) is 3.99. The Balaban J connectivity index is 2.47. The summed E-state index contributed by atoms with van der Waals surface area (Å²) in [4.78, 5) is 8.50. The van der Waals surface area contributed by atoms with Gasteiger partial charge in [0, 0.05) is 19.7 Å². The molecule has 0 saturated carbocycles. The Morgan fingerprint density at radius 1 is 1.24 bits per heavy atom.